The van der Waals surface area contributed by atoms with Crippen LogP contribution < -0.4 is 5.73 Å². The molecule has 2 rings (SSSR count). The molecule has 1 aromatic heterocycles. The average Bonchev–Trinajstić information content (AvgIpc) is 2.32. The van der Waals surface area contributed by atoms with E-state index in [1.807, 2.05) is 0 Å². The van der Waals surface area contributed by atoms with Crippen molar-refractivity contribution in [2.45, 2.75) is 6.04 Å². The molecule has 82 valence electrons. The zero-order chi connectivity index (χ0) is 11.5. The summed E-state index contributed by atoms with van der Waals surface area (Å²) in [6, 6.07) is 4.06. The van der Waals surface area contributed by atoms with E-state index in [1.165, 1.54) is 12.4 Å². The van der Waals surface area contributed by atoms with E-state index in [9.17, 15) is 8.78 Å². The summed E-state index contributed by atoms with van der Waals surface area (Å²) < 4.78 is 26.4. The van der Waals surface area contributed by atoms with E-state index in [1.54, 1.807) is 6.07 Å². The minimum atomic E-state index is -0.744. The third kappa shape index (κ3) is 2.04. The SMILES string of the molecule is NC(c1ccnnc1)c1cc(F)ccc1F. The van der Waals surface area contributed by atoms with Gasteiger partial charge in [0, 0.05) is 11.8 Å². The summed E-state index contributed by atoms with van der Waals surface area (Å²) in [6.07, 6.45) is 2.88. The fraction of sp³-hybridized carbons (Fsp3) is 0.0909. The monoisotopic (exact) mass is 221 g/mol. The van der Waals surface area contributed by atoms with Gasteiger partial charge in [0.2, 0.25) is 0 Å². The smallest absolute Gasteiger partial charge is 0.128 e. The second-order valence-corrected chi connectivity index (χ2v) is 3.32. The largest absolute Gasteiger partial charge is 0.320 e. The summed E-state index contributed by atoms with van der Waals surface area (Å²) in [4.78, 5) is 0. The molecule has 2 N–H and O–H groups in total. The summed E-state index contributed by atoms with van der Waals surface area (Å²) >= 11 is 0. The molecule has 1 heterocycles. The molecule has 0 fully saturated rings. The number of nitrogens with two attached hydrogens (primary N) is 1. The second kappa shape index (κ2) is 4.32. The average molecular weight is 221 g/mol. The topological polar surface area (TPSA) is 51.8 Å². The Balaban J connectivity index is 2.41. The first-order chi connectivity index (χ1) is 7.68. The molecule has 3 nitrogen and oxygen atoms in total. The highest BCUT2D eigenvalue weighted by molar-refractivity contribution is 5.30. The number of aromatic nitrogens is 2. The lowest BCUT2D eigenvalue weighted by Gasteiger charge is -2.12. The van der Waals surface area contributed by atoms with Gasteiger partial charge in [0.15, 0.2) is 0 Å². The molecule has 0 aliphatic carbocycles. The van der Waals surface area contributed by atoms with Crippen LogP contribution in [0.3, 0.4) is 0 Å². The Kier molecular flexibility index (Phi) is 2.87. The molecule has 0 amide bonds. The summed E-state index contributed by atoms with van der Waals surface area (Å²) in [7, 11) is 0. The van der Waals surface area contributed by atoms with Crippen molar-refractivity contribution in [2.75, 3.05) is 0 Å². The Hall–Kier alpha value is -1.88. The van der Waals surface area contributed by atoms with Gasteiger partial charge in [0.1, 0.15) is 11.6 Å². The molecule has 0 saturated carbocycles. The van der Waals surface area contributed by atoms with Crippen LogP contribution in [-0.2, 0) is 0 Å². The van der Waals surface area contributed by atoms with E-state index in [2.05, 4.69) is 10.2 Å². The minimum absolute atomic E-state index is 0.105. The zero-order valence-corrected chi connectivity index (χ0v) is 8.27. The van der Waals surface area contributed by atoms with Crippen molar-refractivity contribution in [1.82, 2.24) is 10.2 Å². The third-order valence-electron chi connectivity index (χ3n) is 2.26. The maximum atomic E-state index is 13.4. The van der Waals surface area contributed by atoms with E-state index in [0.29, 0.717) is 5.56 Å². The molecule has 0 aliphatic rings. The van der Waals surface area contributed by atoms with Crippen LogP contribution in [0.4, 0.5) is 8.78 Å². The highest BCUT2D eigenvalue weighted by Crippen LogP contribution is 2.21. The molecule has 5 heteroatoms. The van der Waals surface area contributed by atoms with Crippen molar-refractivity contribution in [3.05, 3.63) is 59.4 Å². The number of nitrogens with zero attached hydrogens (tertiary/aromatic N) is 2. The van der Waals surface area contributed by atoms with Gasteiger partial charge in [-0.1, -0.05) is 0 Å². The van der Waals surface area contributed by atoms with Crippen molar-refractivity contribution in [3.63, 3.8) is 0 Å². The van der Waals surface area contributed by atoms with Crippen LogP contribution in [0.2, 0.25) is 0 Å². The van der Waals surface area contributed by atoms with Crippen LogP contribution in [0, 0.1) is 11.6 Å². The van der Waals surface area contributed by atoms with Crippen molar-refractivity contribution >= 4 is 0 Å². The first kappa shape index (κ1) is 10.6. The van der Waals surface area contributed by atoms with Crippen molar-refractivity contribution < 1.29 is 8.78 Å². The van der Waals surface area contributed by atoms with Crippen LogP contribution in [-0.4, -0.2) is 10.2 Å². The lowest BCUT2D eigenvalue weighted by atomic mass is 10.0. The van der Waals surface area contributed by atoms with E-state index in [-0.39, 0.29) is 5.56 Å². The fourth-order valence-electron chi connectivity index (χ4n) is 1.42. The van der Waals surface area contributed by atoms with Crippen LogP contribution in [0.5, 0.6) is 0 Å². The van der Waals surface area contributed by atoms with Crippen LogP contribution in [0.1, 0.15) is 17.2 Å². The molecular formula is C11H9F2N3. The van der Waals surface area contributed by atoms with Gasteiger partial charge in [-0.25, -0.2) is 8.78 Å². The summed E-state index contributed by atoms with van der Waals surface area (Å²) in [6.45, 7) is 0. The Morgan fingerprint density at radius 3 is 2.62 bits per heavy atom. The Morgan fingerprint density at radius 2 is 1.94 bits per heavy atom. The van der Waals surface area contributed by atoms with Gasteiger partial charge in [0.25, 0.3) is 0 Å². The van der Waals surface area contributed by atoms with E-state index >= 15 is 0 Å². The number of hydrogen-bond donors (Lipinski definition) is 1. The predicted octanol–water partition coefficient (Wildman–Crippen LogP) is 1.80. The van der Waals surface area contributed by atoms with E-state index in [4.69, 9.17) is 5.73 Å². The summed E-state index contributed by atoms with van der Waals surface area (Å²) in [5, 5.41) is 7.23. The number of benzene rings is 1. The van der Waals surface area contributed by atoms with Gasteiger partial charge < -0.3 is 5.73 Å². The van der Waals surface area contributed by atoms with Crippen molar-refractivity contribution in [3.8, 4) is 0 Å². The molecule has 1 atom stereocenters. The number of rotatable bonds is 2. The fourth-order valence-corrected chi connectivity index (χ4v) is 1.42. The maximum Gasteiger partial charge on any atom is 0.128 e. The number of hydrogen-bond acceptors (Lipinski definition) is 3. The molecule has 16 heavy (non-hydrogen) atoms. The molecule has 1 unspecified atom stereocenters. The highest BCUT2D eigenvalue weighted by Gasteiger charge is 2.14. The van der Waals surface area contributed by atoms with Gasteiger partial charge in [-0.05, 0) is 29.8 Å². The summed E-state index contributed by atoms with van der Waals surface area (Å²) in [5.74, 6) is -1.06. The molecule has 0 spiro atoms. The van der Waals surface area contributed by atoms with Gasteiger partial charge >= 0.3 is 0 Å². The Bertz CT molecular complexity index is 488. The molecular weight excluding hydrogens is 212 g/mol. The van der Waals surface area contributed by atoms with Gasteiger partial charge in [-0.15, -0.1) is 0 Å². The Morgan fingerprint density at radius 1 is 1.12 bits per heavy atom. The van der Waals surface area contributed by atoms with Crippen LogP contribution in [0.15, 0.2) is 36.7 Å². The predicted molar refractivity (Wildman–Crippen MR) is 54.4 cm³/mol. The van der Waals surface area contributed by atoms with Crippen molar-refractivity contribution in [1.29, 1.82) is 0 Å². The van der Waals surface area contributed by atoms with Gasteiger partial charge in [-0.2, -0.15) is 10.2 Å². The Labute approximate surface area is 90.9 Å². The van der Waals surface area contributed by atoms with Crippen LogP contribution >= 0.6 is 0 Å². The zero-order valence-electron chi connectivity index (χ0n) is 8.27. The summed E-state index contributed by atoms with van der Waals surface area (Å²) in [5.41, 5.74) is 6.50. The quantitative estimate of drug-likeness (QED) is 0.841. The first-order valence-electron chi connectivity index (χ1n) is 4.65. The maximum absolute atomic E-state index is 13.4. The minimum Gasteiger partial charge on any atom is -0.320 e. The van der Waals surface area contributed by atoms with Gasteiger partial charge in [-0.3, -0.25) is 0 Å². The van der Waals surface area contributed by atoms with Gasteiger partial charge in [0.05, 0.1) is 12.2 Å². The molecule has 1 aromatic carbocycles. The van der Waals surface area contributed by atoms with Crippen LogP contribution in [0.25, 0.3) is 0 Å². The molecule has 2 aromatic rings. The normalized spacial score (nSPS) is 12.4. The lowest BCUT2D eigenvalue weighted by Crippen LogP contribution is -2.14. The van der Waals surface area contributed by atoms with E-state index in [0.717, 1.165) is 18.2 Å². The third-order valence-corrected chi connectivity index (χ3v) is 2.26. The number of halogens is 2. The van der Waals surface area contributed by atoms with E-state index < -0.39 is 17.7 Å². The molecule has 0 bridgehead atoms. The van der Waals surface area contributed by atoms with Crippen molar-refractivity contribution in [2.24, 2.45) is 5.73 Å². The second-order valence-electron chi connectivity index (χ2n) is 3.32. The highest BCUT2D eigenvalue weighted by atomic mass is 19.1. The first-order valence-corrected chi connectivity index (χ1v) is 4.65. The molecule has 0 saturated heterocycles. The molecule has 0 radical (unpaired) electrons. The molecule has 0 aliphatic heterocycles. The standard InChI is InChI=1S/C11H9F2N3/c12-8-1-2-10(13)9(5-8)11(14)7-3-4-15-16-6-7/h1-6,11H,14H2. The lowest BCUT2D eigenvalue weighted by molar-refractivity contribution is 0.576.